The predicted octanol–water partition coefficient (Wildman–Crippen LogP) is 7.34. The first-order valence-electron chi connectivity index (χ1n) is 19.1. The number of nitrogens with one attached hydrogen (secondary N) is 3. The Labute approximate surface area is 319 Å². The number of carbonyl (C=O) groups excluding carboxylic acids is 2. The molecule has 4 heterocycles. The van der Waals surface area contributed by atoms with Gasteiger partial charge in [-0.3, -0.25) is 14.5 Å². The summed E-state index contributed by atoms with van der Waals surface area (Å²) in [5.41, 5.74) is 4.76. The summed E-state index contributed by atoms with van der Waals surface area (Å²) in [6.07, 6.45) is 5.27. The Bertz CT molecular complexity index is 2130. The van der Waals surface area contributed by atoms with Gasteiger partial charge in [0.05, 0.1) is 41.9 Å². The van der Waals surface area contributed by atoms with Crippen molar-refractivity contribution in [1.82, 2.24) is 40.0 Å². The van der Waals surface area contributed by atoms with Crippen LogP contribution in [0.3, 0.4) is 0 Å². The summed E-state index contributed by atoms with van der Waals surface area (Å²) in [7, 11) is 0. The van der Waals surface area contributed by atoms with Crippen molar-refractivity contribution in [3.05, 3.63) is 108 Å². The van der Waals surface area contributed by atoms with E-state index < -0.39 is 12.1 Å². The highest BCUT2D eigenvalue weighted by molar-refractivity contribution is 5.87. The third kappa shape index (κ3) is 7.74. The molecule has 0 unspecified atom stereocenters. The Kier molecular flexibility index (Phi) is 11.1. The monoisotopic (exact) mass is 746 g/mol. The summed E-state index contributed by atoms with van der Waals surface area (Å²) in [6, 6.07) is 20.0. The van der Waals surface area contributed by atoms with Crippen molar-refractivity contribution in [3.63, 3.8) is 0 Å². The molecular weight excluding hydrogens is 700 g/mol. The van der Waals surface area contributed by atoms with E-state index in [4.69, 9.17) is 0 Å². The van der Waals surface area contributed by atoms with E-state index in [0.29, 0.717) is 48.0 Å². The lowest BCUT2D eigenvalue weighted by molar-refractivity contribution is -0.137. The van der Waals surface area contributed by atoms with Crippen LogP contribution in [0.2, 0.25) is 0 Å². The van der Waals surface area contributed by atoms with Crippen LogP contribution in [0.4, 0.5) is 9.18 Å². The molecule has 3 aromatic carbocycles. The zero-order valence-corrected chi connectivity index (χ0v) is 31.3. The summed E-state index contributed by atoms with van der Waals surface area (Å²) in [6.45, 7) is 8.85. The molecule has 2 aliphatic heterocycles. The number of aromatic amines is 2. The predicted molar refractivity (Wildman–Crippen MR) is 207 cm³/mol. The van der Waals surface area contributed by atoms with Gasteiger partial charge in [-0.25, -0.2) is 19.2 Å². The summed E-state index contributed by atoms with van der Waals surface area (Å²) in [5.74, 6) is 0.696. The van der Waals surface area contributed by atoms with Gasteiger partial charge in [0.2, 0.25) is 5.91 Å². The summed E-state index contributed by atoms with van der Waals surface area (Å²) in [5, 5.41) is 11.9. The normalized spacial score (nSPS) is 18.1. The van der Waals surface area contributed by atoms with Gasteiger partial charge in [0.1, 0.15) is 23.5 Å². The van der Waals surface area contributed by atoms with Gasteiger partial charge in [-0.1, -0.05) is 74.5 Å². The van der Waals surface area contributed by atoms with E-state index >= 15 is 4.39 Å². The lowest BCUT2D eigenvalue weighted by Crippen LogP contribution is -2.46. The molecule has 12 nitrogen and oxygen atoms in total. The number of carbonyl (C=O) groups is 3. The maximum absolute atomic E-state index is 15.7. The first-order valence-corrected chi connectivity index (χ1v) is 19.1. The summed E-state index contributed by atoms with van der Waals surface area (Å²) < 4.78 is 15.7. The molecule has 2 saturated heterocycles. The van der Waals surface area contributed by atoms with Crippen molar-refractivity contribution in [2.75, 3.05) is 26.2 Å². The minimum atomic E-state index is -1.27. The molecule has 4 N–H and O–H groups in total. The number of imidazole rings is 2. The molecule has 5 aromatic rings. The fourth-order valence-corrected chi connectivity index (χ4v) is 8.07. The molecule has 4 atom stereocenters. The number of hydrogen-bond donors (Lipinski definition) is 4. The Balaban J connectivity index is 1.03. The van der Waals surface area contributed by atoms with Gasteiger partial charge in [-0.2, -0.15) is 0 Å². The van der Waals surface area contributed by atoms with Crippen LogP contribution in [0, 0.1) is 5.82 Å². The molecule has 7 rings (SSSR count). The third-order valence-electron chi connectivity index (χ3n) is 11.0. The molecule has 2 fully saturated rings. The van der Waals surface area contributed by atoms with Crippen LogP contribution in [0.1, 0.15) is 81.8 Å². The van der Waals surface area contributed by atoms with Crippen LogP contribution < -0.4 is 5.32 Å². The SMILES string of the molecule is CCN(CC)[C@H](C)C(=O)N1CCC[C@H]1c1ncc(-c2ccc(-c3ccc(-c4cnc([C@@H]5CCCN5C(=O)[C@H](NC(=O)O)c5ccccc5)[nH]4)cc3)cc2F)[nH]1. The molecule has 286 valence electrons. The second-order valence-corrected chi connectivity index (χ2v) is 14.2. The number of H-pyrrole nitrogens is 2. The van der Waals surface area contributed by atoms with Crippen molar-refractivity contribution >= 4 is 17.9 Å². The maximum atomic E-state index is 15.7. The topological polar surface area (TPSA) is 151 Å². The average Bonchev–Trinajstić information content (AvgIpc) is 4.04. The second-order valence-electron chi connectivity index (χ2n) is 14.2. The largest absolute Gasteiger partial charge is 0.465 e. The van der Waals surface area contributed by atoms with Gasteiger partial charge in [0.25, 0.3) is 5.91 Å². The Morgan fingerprint density at radius 3 is 1.98 bits per heavy atom. The molecule has 0 aliphatic carbocycles. The van der Waals surface area contributed by atoms with Crippen LogP contribution >= 0.6 is 0 Å². The standard InChI is InChI=1S/C42H47FN8O4/c1-4-49(5-2)26(3)40(52)50-21-9-13-35(50)39-45-25-34(47-39)31-20-19-30(23-32(31)43)27-15-17-28(18-16-27)33-24-44-38(46-33)36-14-10-22-51(36)41(53)37(48-42(54)55)29-11-7-6-8-12-29/h6-8,11-12,15-20,23-26,35-37,48H,4-5,9-10,13-14,21-22H2,1-3H3,(H,44,46)(H,45,47)(H,54,55)/t26-,35+,36+,37-/m1/s1. The van der Waals surface area contributed by atoms with E-state index in [9.17, 15) is 19.5 Å². The molecule has 55 heavy (non-hydrogen) atoms. The summed E-state index contributed by atoms with van der Waals surface area (Å²) >= 11 is 0. The fraction of sp³-hybridized carbons (Fsp3) is 0.357. The van der Waals surface area contributed by atoms with Crippen molar-refractivity contribution in [2.45, 2.75) is 70.6 Å². The molecule has 2 aliphatic rings. The molecular formula is C42H47FN8O4. The first-order chi connectivity index (χ1) is 26.7. The number of nitrogens with zero attached hydrogens (tertiary/aromatic N) is 5. The highest BCUT2D eigenvalue weighted by atomic mass is 19.1. The Hall–Kier alpha value is -5.82. The minimum absolute atomic E-state index is 0.0931. The number of likely N-dealkylation sites (N-methyl/N-ethyl adjacent to an activating group) is 1. The fourth-order valence-electron chi connectivity index (χ4n) is 8.07. The summed E-state index contributed by atoms with van der Waals surface area (Å²) in [4.78, 5) is 60.4. The van der Waals surface area contributed by atoms with Crippen LogP contribution in [-0.4, -0.2) is 89.9 Å². The zero-order valence-electron chi connectivity index (χ0n) is 31.3. The van der Waals surface area contributed by atoms with E-state index in [0.717, 1.165) is 54.7 Å². The highest BCUT2D eigenvalue weighted by Gasteiger charge is 2.38. The van der Waals surface area contributed by atoms with Crippen LogP contribution in [-0.2, 0) is 9.59 Å². The minimum Gasteiger partial charge on any atom is -0.465 e. The number of carboxylic acid groups (broad SMARTS) is 1. The molecule has 2 aromatic heterocycles. The number of likely N-dealkylation sites (tertiary alicyclic amines) is 2. The maximum Gasteiger partial charge on any atom is 0.405 e. The lowest BCUT2D eigenvalue weighted by atomic mass is 10.0. The second kappa shape index (κ2) is 16.3. The molecule has 3 amide bonds. The van der Waals surface area contributed by atoms with Gasteiger partial charge in [-0.15, -0.1) is 0 Å². The van der Waals surface area contributed by atoms with E-state index in [1.54, 1.807) is 47.6 Å². The number of aromatic nitrogens is 4. The van der Waals surface area contributed by atoms with Crippen molar-refractivity contribution in [1.29, 1.82) is 0 Å². The quantitative estimate of drug-likeness (QED) is 0.104. The van der Waals surface area contributed by atoms with Gasteiger partial charge in [0.15, 0.2) is 0 Å². The highest BCUT2D eigenvalue weighted by Crippen LogP contribution is 2.36. The van der Waals surface area contributed by atoms with Gasteiger partial charge < -0.3 is 30.2 Å². The average molecular weight is 747 g/mol. The number of hydrogen-bond acceptors (Lipinski definition) is 6. The van der Waals surface area contributed by atoms with E-state index in [-0.39, 0.29) is 35.8 Å². The van der Waals surface area contributed by atoms with Crippen molar-refractivity contribution < 1.29 is 23.9 Å². The molecule has 0 saturated carbocycles. The Morgan fingerprint density at radius 2 is 1.38 bits per heavy atom. The number of amides is 3. The number of halogens is 1. The third-order valence-corrected chi connectivity index (χ3v) is 11.0. The zero-order chi connectivity index (χ0) is 38.6. The van der Waals surface area contributed by atoms with Crippen LogP contribution in [0.25, 0.3) is 33.6 Å². The molecule has 0 spiro atoms. The van der Waals surface area contributed by atoms with Gasteiger partial charge in [0, 0.05) is 18.7 Å². The van der Waals surface area contributed by atoms with E-state index in [2.05, 4.69) is 44.0 Å². The van der Waals surface area contributed by atoms with Crippen LogP contribution in [0.5, 0.6) is 0 Å². The van der Waals surface area contributed by atoms with Crippen molar-refractivity contribution in [2.24, 2.45) is 0 Å². The van der Waals surface area contributed by atoms with Crippen LogP contribution in [0.15, 0.2) is 85.2 Å². The van der Waals surface area contributed by atoms with Gasteiger partial charge >= 0.3 is 6.09 Å². The number of benzene rings is 3. The van der Waals surface area contributed by atoms with E-state index in [1.165, 1.54) is 6.07 Å². The van der Waals surface area contributed by atoms with Crippen molar-refractivity contribution in [3.8, 4) is 33.6 Å². The van der Waals surface area contributed by atoms with E-state index in [1.807, 2.05) is 48.2 Å². The Morgan fingerprint density at radius 1 is 0.818 bits per heavy atom. The van der Waals surface area contributed by atoms with Gasteiger partial charge in [-0.05, 0) is 80.1 Å². The molecule has 0 radical (unpaired) electrons. The first kappa shape index (κ1) is 37.5. The molecule has 0 bridgehead atoms. The smallest absolute Gasteiger partial charge is 0.405 e. The molecule has 13 heteroatoms. The number of rotatable bonds is 12. The lowest BCUT2D eigenvalue weighted by Gasteiger charge is -2.31.